The van der Waals surface area contributed by atoms with Crippen LogP contribution in [0.2, 0.25) is 0 Å². The van der Waals surface area contributed by atoms with Gasteiger partial charge >= 0.3 is 5.97 Å². The van der Waals surface area contributed by atoms with Gasteiger partial charge in [-0.25, -0.2) is 4.79 Å². The van der Waals surface area contributed by atoms with Crippen LogP contribution < -0.4 is 0 Å². The Morgan fingerprint density at radius 3 is 3.00 bits per heavy atom. The molecule has 0 radical (unpaired) electrons. The van der Waals surface area contributed by atoms with Gasteiger partial charge in [0, 0.05) is 6.61 Å². The highest BCUT2D eigenvalue weighted by atomic mass is 16.6. The van der Waals surface area contributed by atoms with Gasteiger partial charge in [-0.3, -0.25) is 0 Å². The van der Waals surface area contributed by atoms with Gasteiger partial charge in [-0.1, -0.05) is 6.92 Å². The summed E-state index contributed by atoms with van der Waals surface area (Å²) in [5.74, 6) is 0.0995. The molecule has 12 heavy (non-hydrogen) atoms. The van der Waals surface area contributed by atoms with Gasteiger partial charge in [-0.15, -0.1) is 0 Å². The van der Waals surface area contributed by atoms with Crippen molar-refractivity contribution in [3.63, 3.8) is 0 Å². The largest absolute Gasteiger partial charge is 0.464 e. The van der Waals surface area contributed by atoms with Crippen LogP contribution in [0.4, 0.5) is 0 Å². The van der Waals surface area contributed by atoms with Crippen molar-refractivity contribution in [1.29, 1.82) is 0 Å². The fourth-order valence-electron chi connectivity index (χ4n) is 1.46. The van der Waals surface area contributed by atoms with Crippen LogP contribution in [0.1, 0.15) is 26.7 Å². The van der Waals surface area contributed by atoms with Crippen LogP contribution in [0.5, 0.6) is 0 Å². The van der Waals surface area contributed by atoms with Crippen LogP contribution in [-0.4, -0.2) is 25.3 Å². The van der Waals surface area contributed by atoms with E-state index in [-0.39, 0.29) is 12.1 Å². The fourth-order valence-corrected chi connectivity index (χ4v) is 1.46. The summed E-state index contributed by atoms with van der Waals surface area (Å²) in [4.78, 5) is 11.3. The van der Waals surface area contributed by atoms with E-state index < -0.39 is 0 Å². The molecule has 0 amide bonds. The number of esters is 1. The van der Waals surface area contributed by atoms with E-state index in [4.69, 9.17) is 9.47 Å². The minimum Gasteiger partial charge on any atom is -0.464 e. The molecule has 3 nitrogen and oxygen atoms in total. The van der Waals surface area contributed by atoms with Crippen molar-refractivity contribution in [2.45, 2.75) is 32.8 Å². The van der Waals surface area contributed by atoms with Gasteiger partial charge in [0.15, 0.2) is 6.10 Å². The first kappa shape index (κ1) is 9.52. The highest BCUT2D eigenvalue weighted by Crippen LogP contribution is 2.20. The number of ether oxygens (including phenoxy) is 2. The van der Waals surface area contributed by atoms with Gasteiger partial charge in [0.25, 0.3) is 0 Å². The SMILES string of the molecule is CCOC(=O)C1OCCCC1C. The average molecular weight is 172 g/mol. The minimum absolute atomic E-state index is 0.204. The molecule has 2 unspecified atom stereocenters. The smallest absolute Gasteiger partial charge is 0.335 e. The Labute approximate surface area is 73.0 Å². The molecule has 1 aliphatic rings. The summed E-state index contributed by atoms with van der Waals surface area (Å²) in [7, 11) is 0. The van der Waals surface area contributed by atoms with E-state index in [9.17, 15) is 4.79 Å². The summed E-state index contributed by atoms with van der Waals surface area (Å²) in [6, 6.07) is 0. The normalized spacial score (nSPS) is 29.8. The molecule has 0 spiro atoms. The van der Waals surface area contributed by atoms with Crippen molar-refractivity contribution >= 4 is 5.97 Å². The third kappa shape index (κ3) is 2.21. The Morgan fingerprint density at radius 2 is 2.42 bits per heavy atom. The molecule has 1 rings (SSSR count). The van der Waals surface area contributed by atoms with Crippen molar-refractivity contribution in [3.05, 3.63) is 0 Å². The first-order valence-corrected chi connectivity index (χ1v) is 4.54. The summed E-state index contributed by atoms with van der Waals surface area (Å²) in [6.07, 6.45) is 1.79. The lowest BCUT2D eigenvalue weighted by Gasteiger charge is -2.26. The van der Waals surface area contributed by atoms with E-state index in [1.807, 2.05) is 13.8 Å². The van der Waals surface area contributed by atoms with Crippen LogP contribution >= 0.6 is 0 Å². The van der Waals surface area contributed by atoms with E-state index in [0.29, 0.717) is 19.1 Å². The second-order valence-electron chi connectivity index (χ2n) is 3.16. The Balaban J connectivity index is 2.42. The van der Waals surface area contributed by atoms with Crippen molar-refractivity contribution < 1.29 is 14.3 Å². The average Bonchev–Trinajstić information content (AvgIpc) is 2.05. The molecule has 0 bridgehead atoms. The Kier molecular flexibility index (Phi) is 3.53. The van der Waals surface area contributed by atoms with Crippen molar-refractivity contribution in [2.24, 2.45) is 5.92 Å². The zero-order chi connectivity index (χ0) is 8.97. The molecular formula is C9H16O3. The first-order valence-electron chi connectivity index (χ1n) is 4.54. The van der Waals surface area contributed by atoms with E-state index in [1.54, 1.807) is 0 Å². The maximum Gasteiger partial charge on any atom is 0.335 e. The maximum atomic E-state index is 11.3. The van der Waals surface area contributed by atoms with Crippen LogP contribution in [0.15, 0.2) is 0 Å². The predicted molar refractivity (Wildman–Crippen MR) is 44.8 cm³/mol. The summed E-state index contributed by atoms with van der Waals surface area (Å²) < 4.78 is 10.2. The van der Waals surface area contributed by atoms with Crippen LogP contribution in [-0.2, 0) is 14.3 Å². The molecule has 2 atom stereocenters. The molecule has 0 aromatic rings. The first-order chi connectivity index (χ1) is 5.75. The fraction of sp³-hybridized carbons (Fsp3) is 0.889. The lowest BCUT2D eigenvalue weighted by atomic mass is 9.97. The Morgan fingerprint density at radius 1 is 1.67 bits per heavy atom. The molecule has 0 aliphatic carbocycles. The Hall–Kier alpha value is -0.570. The minimum atomic E-state index is -0.321. The summed E-state index contributed by atoms with van der Waals surface area (Å²) in [5.41, 5.74) is 0. The summed E-state index contributed by atoms with van der Waals surface area (Å²) in [6.45, 7) is 4.96. The topological polar surface area (TPSA) is 35.5 Å². The quantitative estimate of drug-likeness (QED) is 0.590. The zero-order valence-electron chi connectivity index (χ0n) is 7.71. The number of rotatable bonds is 2. The lowest BCUT2D eigenvalue weighted by Crippen LogP contribution is -2.36. The van der Waals surface area contributed by atoms with E-state index in [0.717, 1.165) is 12.8 Å². The van der Waals surface area contributed by atoms with Crippen molar-refractivity contribution in [1.82, 2.24) is 0 Å². The van der Waals surface area contributed by atoms with Gasteiger partial charge < -0.3 is 9.47 Å². The molecule has 0 aromatic heterocycles. The monoisotopic (exact) mass is 172 g/mol. The van der Waals surface area contributed by atoms with E-state index in [2.05, 4.69) is 0 Å². The molecule has 1 saturated heterocycles. The molecule has 1 aliphatic heterocycles. The third-order valence-electron chi connectivity index (χ3n) is 2.14. The molecule has 1 fully saturated rings. The van der Waals surface area contributed by atoms with E-state index >= 15 is 0 Å². The van der Waals surface area contributed by atoms with Gasteiger partial charge in [-0.2, -0.15) is 0 Å². The standard InChI is InChI=1S/C9H16O3/c1-3-11-9(10)8-7(2)5-4-6-12-8/h7-8H,3-6H2,1-2H3. The van der Waals surface area contributed by atoms with Crippen molar-refractivity contribution in [3.8, 4) is 0 Å². The highest BCUT2D eigenvalue weighted by Gasteiger charge is 2.29. The number of hydrogen-bond acceptors (Lipinski definition) is 3. The van der Waals surface area contributed by atoms with Crippen LogP contribution in [0.3, 0.4) is 0 Å². The zero-order valence-corrected chi connectivity index (χ0v) is 7.71. The van der Waals surface area contributed by atoms with Gasteiger partial charge in [0.2, 0.25) is 0 Å². The van der Waals surface area contributed by atoms with Gasteiger partial charge in [-0.05, 0) is 25.7 Å². The molecule has 70 valence electrons. The van der Waals surface area contributed by atoms with Crippen LogP contribution in [0, 0.1) is 5.92 Å². The van der Waals surface area contributed by atoms with Gasteiger partial charge in [0.1, 0.15) is 0 Å². The van der Waals surface area contributed by atoms with Gasteiger partial charge in [0.05, 0.1) is 6.61 Å². The number of carbonyl (C=O) groups excluding carboxylic acids is 1. The number of carbonyl (C=O) groups is 1. The predicted octanol–water partition coefficient (Wildman–Crippen LogP) is 1.36. The Bertz CT molecular complexity index is 156. The number of hydrogen-bond donors (Lipinski definition) is 0. The molecule has 3 heteroatoms. The van der Waals surface area contributed by atoms with Crippen molar-refractivity contribution in [2.75, 3.05) is 13.2 Å². The molecule has 0 aromatic carbocycles. The second-order valence-corrected chi connectivity index (χ2v) is 3.16. The summed E-state index contributed by atoms with van der Waals surface area (Å²) >= 11 is 0. The second kappa shape index (κ2) is 4.45. The lowest BCUT2D eigenvalue weighted by molar-refractivity contribution is -0.163. The molecule has 0 N–H and O–H groups in total. The molecule has 0 saturated carbocycles. The maximum absolute atomic E-state index is 11.3. The molecule has 1 heterocycles. The summed E-state index contributed by atoms with van der Waals surface area (Å²) in [5, 5.41) is 0. The molecular weight excluding hydrogens is 156 g/mol. The third-order valence-corrected chi connectivity index (χ3v) is 2.14. The van der Waals surface area contributed by atoms with E-state index in [1.165, 1.54) is 0 Å². The van der Waals surface area contributed by atoms with Crippen LogP contribution in [0.25, 0.3) is 0 Å². The highest BCUT2D eigenvalue weighted by molar-refractivity contribution is 5.75.